The molecule has 0 radical (unpaired) electrons. The van der Waals surface area contributed by atoms with Gasteiger partial charge in [0.25, 0.3) is 5.56 Å². The Bertz CT molecular complexity index is 653. The zero-order valence-electron chi connectivity index (χ0n) is 10.7. The predicted molar refractivity (Wildman–Crippen MR) is 68.5 cm³/mol. The van der Waals surface area contributed by atoms with Gasteiger partial charge in [-0.15, -0.1) is 0 Å². The van der Waals surface area contributed by atoms with Gasteiger partial charge in [0, 0.05) is 18.8 Å². The first-order valence-corrected chi connectivity index (χ1v) is 6.34. The molecular weight excluding hydrogens is 228 g/mol. The maximum Gasteiger partial charge on any atom is 0.254 e. The molecule has 2 aromatic rings. The van der Waals surface area contributed by atoms with Crippen molar-refractivity contribution in [2.24, 2.45) is 7.05 Å². The summed E-state index contributed by atoms with van der Waals surface area (Å²) in [4.78, 5) is 19.5. The Hall–Kier alpha value is -1.91. The highest BCUT2D eigenvalue weighted by Gasteiger charge is 2.19. The molecule has 0 atom stereocenters. The van der Waals surface area contributed by atoms with Gasteiger partial charge in [-0.05, 0) is 25.7 Å². The van der Waals surface area contributed by atoms with E-state index in [0.29, 0.717) is 5.82 Å². The van der Waals surface area contributed by atoms with Gasteiger partial charge in [0.2, 0.25) is 0 Å². The number of aromatic nitrogens is 4. The highest BCUT2D eigenvalue weighted by atomic mass is 16.1. The van der Waals surface area contributed by atoms with Crippen LogP contribution in [0.5, 0.6) is 0 Å². The molecular formula is C13H16N4O. The summed E-state index contributed by atoms with van der Waals surface area (Å²) in [6.45, 7) is 2.05. The summed E-state index contributed by atoms with van der Waals surface area (Å²) in [5.41, 5.74) is 3.74. The molecule has 5 nitrogen and oxygen atoms in total. The minimum Gasteiger partial charge on any atom is -0.306 e. The van der Waals surface area contributed by atoms with Crippen LogP contribution in [0.2, 0.25) is 0 Å². The number of hydrogen-bond donors (Lipinski definition) is 1. The van der Waals surface area contributed by atoms with Crippen molar-refractivity contribution >= 4 is 0 Å². The number of H-pyrrole nitrogens is 1. The highest BCUT2D eigenvalue weighted by Crippen LogP contribution is 2.22. The minimum atomic E-state index is 0.0124. The molecule has 0 fully saturated rings. The quantitative estimate of drug-likeness (QED) is 0.864. The van der Waals surface area contributed by atoms with E-state index in [1.54, 1.807) is 4.68 Å². The largest absolute Gasteiger partial charge is 0.306 e. The summed E-state index contributed by atoms with van der Waals surface area (Å²) >= 11 is 0. The van der Waals surface area contributed by atoms with Crippen LogP contribution in [0.15, 0.2) is 11.0 Å². The van der Waals surface area contributed by atoms with E-state index in [2.05, 4.69) is 22.0 Å². The molecule has 3 rings (SSSR count). The van der Waals surface area contributed by atoms with Crippen molar-refractivity contribution in [3.05, 3.63) is 33.5 Å². The van der Waals surface area contributed by atoms with Gasteiger partial charge in [-0.25, -0.2) is 4.98 Å². The predicted octanol–water partition coefficient (Wildman–Crippen LogP) is 1.22. The molecule has 1 N–H and O–H groups in total. The van der Waals surface area contributed by atoms with Crippen LogP contribution in [-0.4, -0.2) is 19.7 Å². The molecule has 0 aromatic carbocycles. The van der Waals surface area contributed by atoms with Crippen LogP contribution in [0.4, 0.5) is 0 Å². The fourth-order valence-corrected chi connectivity index (χ4v) is 2.56. The van der Waals surface area contributed by atoms with Crippen LogP contribution in [0.1, 0.15) is 30.3 Å². The Balaban J connectivity index is 2.18. The molecule has 2 heterocycles. The molecule has 0 unspecified atom stereocenters. The smallest absolute Gasteiger partial charge is 0.254 e. The van der Waals surface area contributed by atoms with E-state index in [0.717, 1.165) is 48.2 Å². The summed E-state index contributed by atoms with van der Waals surface area (Å²) in [5, 5.41) is 4.38. The molecule has 0 aliphatic heterocycles. The van der Waals surface area contributed by atoms with Crippen LogP contribution < -0.4 is 5.56 Å². The Morgan fingerprint density at radius 3 is 3.06 bits per heavy atom. The van der Waals surface area contributed by atoms with Gasteiger partial charge in [0.05, 0.1) is 17.0 Å². The third kappa shape index (κ3) is 1.66. The van der Waals surface area contributed by atoms with Crippen LogP contribution >= 0.6 is 0 Å². The fraction of sp³-hybridized carbons (Fsp3) is 0.462. The standard InChI is InChI=1S/C13H16N4O/c1-3-10-9(7-17(2)16-10)12-14-11-6-4-5-8(11)13(18)15-12/h7H,3-6H2,1-2H3,(H,14,15,18). The third-order valence-electron chi connectivity index (χ3n) is 3.44. The average molecular weight is 244 g/mol. The topological polar surface area (TPSA) is 63.6 Å². The van der Waals surface area contributed by atoms with Crippen molar-refractivity contribution in [1.29, 1.82) is 0 Å². The van der Waals surface area contributed by atoms with Crippen LogP contribution in [0, 0.1) is 0 Å². The molecule has 0 spiro atoms. The van der Waals surface area contributed by atoms with Crippen molar-refractivity contribution in [3.8, 4) is 11.4 Å². The summed E-state index contributed by atoms with van der Waals surface area (Å²) in [6, 6.07) is 0. The van der Waals surface area contributed by atoms with Crippen molar-refractivity contribution in [2.45, 2.75) is 32.6 Å². The zero-order valence-corrected chi connectivity index (χ0v) is 10.7. The van der Waals surface area contributed by atoms with E-state index in [4.69, 9.17) is 0 Å². The van der Waals surface area contributed by atoms with Crippen molar-refractivity contribution in [1.82, 2.24) is 19.7 Å². The van der Waals surface area contributed by atoms with Crippen molar-refractivity contribution in [3.63, 3.8) is 0 Å². The number of nitrogens with zero attached hydrogens (tertiary/aromatic N) is 3. The highest BCUT2D eigenvalue weighted by molar-refractivity contribution is 5.57. The zero-order chi connectivity index (χ0) is 12.7. The lowest BCUT2D eigenvalue weighted by atomic mass is 10.2. The normalized spacial score (nSPS) is 13.9. The Labute approximate surface area is 105 Å². The first-order valence-electron chi connectivity index (χ1n) is 6.34. The van der Waals surface area contributed by atoms with E-state index in [1.165, 1.54) is 0 Å². The lowest BCUT2D eigenvalue weighted by Crippen LogP contribution is -2.15. The van der Waals surface area contributed by atoms with Gasteiger partial charge >= 0.3 is 0 Å². The molecule has 1 aliphatic carbocycles. The van der Waals surface area contributed by atoms with Gasteiger partial charge in [0.15, 0.2) is 0 Å². The van der Waals surface area contributed by atoms with E-state index in [-0.39, 0.29) is 5.56 Å². The number of hydrogen-bond acceptors (Lipinski definition) is 3. The second-order valence-electron chi connectivity index (χ2n) is 4.71. The van der Waals surface area contributed by atoms with Crippen LogP contribution in [0.3, 0.4) is 0 Å². The summed E-state index contributed by atoms with van der Waals surface area (Å²) in [7, 11) is 1.88. The van der Waals surface area contributed by atoms with Crippen LogP contribution in [0.25, 0.3) is 11.4 Å². The Morgan fingerprint density at radius 2 is 2.28 bits per heavy atom. The van der Waals surface area contributed by atoms with Crippen molar-refractivity contribution < 1.29 is 0 Å². The maximum atomic E-state index is 12.0. The molecule has 5 heteroatoms. The van der Waals surface area contributed by atoms with E-state index >= 15 is 0 Å². The number of aryl methyl sites for hydroxylation is 3. The molecule has 0 saturated carbocycles. The van der Waals surface area contributed by atoms with E-state index in [9.17, 15) is 4.79 Å². The number of aromatic amines is 1. The monoisotopic (exact) mass is 244 g/mol. The minimum absolute atomic E-state index is 0.0124. The number of rotatable bonds is 2. The molecule has 0 amide bonds. The number of nitrogens with one attached hydrogen (secondary N) is 1. The fourth-order valence-electron chi connectivity index (χ4n) is 2.56. The lowest BCUT2D eigenvalue weighted by Gasteiger charge is -2.03. The van der Waals surface area contributed by atoms with Gasteiger partial charge in [-0.1, -0.05) is 6.92 Å². The molecule has 94 valence electrons. The van der Waals surface area contributed by atoms with Gasteiger partial charge in [-0.3, -0.25) is 9.48 Å². The van der Waals surface area contributed by atoms with Gasteiger partial charge in [0.1, 0.15) is 5.82 Å². The summed E-state index contributed by atoms with van der Waals surface area (Å²) < 4.78 is 1.77. The van der Waals surface area contributed by atoms with E-state index in [1.807, 2.05) is 13.2 Å². The molecule has 2 aromatic heterocycles. The first-order chi connectivity index (χ1) is 8.69. The molecule has 0 saturated heterocycles. The second-order valence-corrected chi connectivity index (χ2v) is 4.71. The Kier molecular flexibility index (Phi) is 2.54. The Morgan fingerprint density at radius 1 is 1.44 bits per heavy atom. The summed E-state index contributed by atoms with van der Waals surface area (Å²) in [6.07, 6.45) is 5.54. The maximum absolute atomic E-state index is 12.0. The van der Waals surface area contributed by atoms with Gasteiger partial charge < -0.3 is 4.98 Å². The second kappa shape index (κ2) is 4.08. The summed E-state index contributed by atoms with van der Waals surface area (Å²) in [5.74, 6) is 0.658. The van der Waals surface area contributed by atoms with Gasteiger partial charge in [-0.2, -0.15) is 5.10 Å². The average Bonchev–Trinajstić information content (AvgIpc) is 2.94. The van der Waals surface area contributed by atoms with E-state index < -0.39 is 0 Å². The van der Waals surface area contributed by atoms with Crippen LogP contribution in [-0.2, 0) is 26.3 Å². The molecule has 18 heavy (non-hydrogen) atoms. The number of fused-ring (bicyclic) bond motifs is 1. The molecule has 0 bridgehead atoms. The lowest BCUT2D eigenvalue weighted by molar-refractivity contribution is 0.746. The SMILES string of the molecule is CCc1nn(C)cc1-c1nc2c(c(=O)[nH]1)CCC2. The first kappa shape index (κ1) is 11.2. The molecule has 1 aliphatic rings. The third-order valence-corrected chi connectivity index (χ3v) is 3.44. The van der Waals surface area contributed by atoms with Crippen molar-refractivity contribution in [2.75, 3.05) is 0 Å².